The number of anilines is 2. The Morgan fingerprint density at radius 1 is 1.35 bits per heavy atom. The number of hydrogen-bond acceptors (Lipinski definition) is 3. The molecule has 5 N–H and O–H groups in total. The zero-order valence-corrected chi connectivity index (χ0v) is 12.2. The van der Waals surface area contributed by atoms with E-state index in [1.807, 2.05) is 6.07 Å². The average molecular weight is 275 g/mol. The highest BCUT2D eigenvalue weighted by atomic mass is 16.1. The van der Waals surface area contributed by atoms with Crippen LogP contribution in [0.4, 0.5) is 11.4 Å². The van der Waals surface area contributed by atoms with Gasteiger partial charge in [0.1, 0.15) is 0 Å². The topological polar surface area (TPSA) is 81.1 Å². The molecule has 1 aliphatic rings. The second-order valence-electron chi connectivity index (χ2n) is 5.73. The maximum atomic E-state index is 11.5. The van der Waals surface area contributed by atoms with Crippen molar-refractivity contribution in [3.8, 4) is 0 Å². The number of hydrogen-bond donors (Lipinski definition) is 3. The Labute approximate surface area is 120 Å². The molecule has 0 spiro atoms. The van der Waals surface area contributed by atoms with Gasteiger partial charge in [-0.2, -0.15) is 0 Å². The minimum atomic E-state index is -0.411. The molecule has 1 aromatic rings. The van der Waals surface area contributed by atoms with Crippen molar-refractivity contribution in [2.75, 3.05) is 11.1 Å². The summed E-state index contributed by atoms with van der Waals surface area (Å²) in [7, 11) is 0. The molecular formula is C16H25N3O. The van der Waals surface area contributed by atoms with Crippen LogP contribution in [-0.4, -0.2) is 11.9 Å². The molecule has 1 unspecified atom stereocenters. The van der Waals surface area contributed by atoms with E-state index >= 15 is 0 Å². The van der Waals surface area contributed by atoms with Gasteiger partial charge in [-0.1, -0.05) is 26.2 Å². The van der Waals surface area contributed by atoms with Crippen molar-refractivity contribution < 1.29 is 4.79 Å². The summed E-state index contributed by atoms with van der Waals surface area (Å²) >= 11 is 0. The molecule has 1 aliphatic carbocycles. The molecule has 0 aliphatic heterocycles. The third-order valence-corrected chi connectivity index (χ3v) is 4.31. The highest BCUT2D eigenvalue weighted by Crippen LogP contribution is 2.30. The van der Waals surface area contributed by atoms with Crippen LogP contribution in [-0.2, 0) is 0 Å². The number of primary amides is 1. The summed E-state index contributed by atoms with van der Waals surface area (Å²) in [6.45, 7) is 2.18. The van der Waals surface area contributed by atoms with Gasteiger partial charge in [0.05, 0.1) is 5.56 Å². The predicted octanol–water partition coefficient (Wildman–Crippen LogP) is 3.14. The average Bonchev–Trinajstić information content (AvgIpc) is 2.45. The van der Waals surface area contributed by atoms with Crippen molar-refractivity contribution in [1.29, 1.82) is 0 Å². The summed E-state index contributed by atoms with van der Waals surface area (Å²) in [5.41, 5.74) is 13.2. The van der Waals surface area contributed by atoms with Crippen molar-refractivity contribution in [1.82, 2.24) is 0 Å². The Hall–Kier alpha value is -1.71. The summed E-state index contributed by atoms with van der Waals surface area (Å²) in [5, 5.41) is 3.51. The number of carbonyl (C=O) groups is 1. The van der Waals surface area contributed by atoms with Crippen molar-refractivity contribution in [2.45, 2.75) is 51.5 Å². The number of nitrogens with one attached hydrogen (secondary N) is 1. The van der Waals surface area contributed by atoms with Crippen LogP contribution in [0.3, 0.4) is 0 Å². The van der Waals surface area contributed by atoms with E-state index in [0.29, 0.717) is 23.2 Å². The van der Waals surface area contributed by atoms with Crippen LogP contribution < -0.4 is 16.8 Å². The molecule has 1 atom stereocenters. The molecule has 110 valence electrons. The lowest BCUT2D eigenvalue weighted by Crippen LogP contribution is -2.31. The van der Waals surface area contributed by atoms with Gasteiger partial charge in [-0.15, -0.1) is 0 Å². The summed E-state index contributed by atoms with van der Waals surface area (Å²) < 4.78 is 0. The first kappa shape index (κ1) is 14.7. The second-order valence-corrected chi connectivity index (χ2v) is 5.73. The highest BCUT2D eigenvalue weighted by Gasteiger charge is 2.23. The van der Waals surface area contributed by atoms with Crippen LogP contribution in [0.5, 0.6) is 0 Å². The van der Waals surface area contributed by atoms with Gasteiger partial charge in [0.25, 0.3) is 5.91 Å². The molecule has 0 bridgehead atoms. The quantitative estimate of drug-likeness (QED) is 0.722. The van der Waals surface area contributed by atoms with Gasteiger partial charge in [-0.25, -0.2) is 0 Å². The molecule has 4 heteroatoms. The monoisotopic (exact) mass is 275 g/mol. The molecule has 0 heterocycles. The third kappa shape index (κ3) is 3.44. The Morgan fingerprint density at radius 3 is 2.65 bits per heavy atom. The van der Waals surface area contributed by atoms with E-state index in [9.17, 15) is 4.79 Å². The summed E-state index contributed by atoms with van der Waals surface area (Å²) in [5.74, 6) is 0.266. The first-order valence-electron chi connectivity index (χ1n) is 7.57. The van der Waals surface area contributed by atoms with E-state index in [2.05, 4.69) is 12.2 Å². The van der Waals surface area contributed by atoms with Crippen LogP contribution >= 0.6 is 0 Å². The molecule has 1 aromatic carbocycles. The van der Waals surface area contributed by atoms with Crippen LogP contribution in [0.15, 0.2) is 18.2 Å². The molecule has 4 nitrogen and oxygen atoms in total. The Morgan fingerprint density at radius 2 is 2.05 bits per heavy atom. The van der Waals surface area contributed by atoms with Gasteiger partial charge in [-0.3, -0.25) is 4.79 Å². The highest BCUT2D eigenvalue weighted by molar-refractivity contribution is 5.99. The Kier molecular flexibility index (Phi) is 4.88. The third-order valence-electron chi connectivity index (χ3n) is 4.31. The minimum Gasteiger partial charge on any atom is -0.399 e. The van der Waals surface area contributed by atoms with E-state index < -0.39 is 5.91 Å². The largest absolute Gasteiger partial charge is 0.399 e. The fourth-order valence-electron chi connectivity index (χ4n) is 3.19. The second kappa shape index (κ2) is 6.64. The van der Waals surface area contributed by atoms with Crippen LogP contribution in [0, 0.1) is 5.92 Å². The van der Waals surface area contributed by atoms with Gasteiger partial charge >= 0.3 is 0 Å². The summed E-state index contributed by atoms with van der Waals surface area (Å²) in [6.07, 6.45) is 7.53. The molecule has 1 fully saturated rings. The van der Waals surface area contributed by atoms with Crippen LogP contribution in [0.1, 0.15) is 55.8 Å². The smallest absolute Gasteiger partial charge is 0.250 e. The number of nitrogen functional groups attached to an aromatic ring is 1. The standard InChI is InChI=1S/C16H25N3O/c1-2-14(11-6-4-3-5-7-11)19-15-10-12(17)8-9-13(15)16(18)20/h8-11,14,19H,2-7,17H2,1H3,(H2,18,20). The normalized spacial score (nSPS) is 17.6. The van der Waals surface area contributed by atoms with E-state index in [0.717, 1.165) is 12.1 Å². The molecule has 1 saturated carbocycles. The van der Waals surface area contributed by atoms with E-state index in [1.54, 1.807) is 12.1 Å². The number of benzene rings is 1. The fraction of sp³-hybridized carbons (Fsp3) is 0.562. The zero-order valence-electron chi connectivity index (χ0n) is 12.2. The molecule has 0 saturated heterocycles. The van der Waals surface area contributed by atoms with Crippen molar-refractivity contribution in [3.05, 3.63) is 23.8 Å². The maximum absolute atomic E-state index is 11.5. The first-order valence-corrected chi connectivity index (χ1v) is 7.57. The minimum absolute atomic E-state index is 0.384. The van der Waals surface area contributed by atoms with E-state index in [1.165, 1.54) is 32.1 Å². The van der Waals surface area contributed by atoms with E-state index in [-0.39, 0.29) is 0 Å². The van der Waals surface area contributed by atoms with Gasteiger partial charge in [0, 0.05) is 17.4 Å². The molecule has 0 radical (unpaired) electrons. The van der Waals surface area contributed by atoms with E-state index in [4.69, 9.17) is 11.5 Å². The molecule has 20 heavy (non-hydrogen) atoms. The zero-order chi connectivity index (χ0) is 14.5. The number of rotatable bonds is 5. The first-order chi connectivity index (χ1) is 9.61. The fourth-order valence-corrected chi connectivity index (χ4v) is 3.19. The lowest BCUT2D eigenvalue weighted by molar-refractivity contribution is 0.100. The van der Waals surface area contributed by atoms with Gasteiger partial charge in [-0.05, 0) is 43.4 Å². The summed E-state index contributed by atoms with van der Waals surface area (Å²) in [6, 6.07) is 5.61. The van der Waals surface area contributed by atoms with Crippen molar-refractivity contribution >= 4 is 17.3 Å². The maximum Gasteiger partial charge on any atom is 0.250 e. The molecular weight excluding hydrogens is 250 g/mol. The summed E-state index contributed by atoms with van der Waals surface area (Å²) in [4.78, 5) is 11.5. The SMILES string of the molecule is CCC(Nc1cc(N)ccc1C(N)=O)C1CCCCC1. The number of carbonyl (C=O) groups excluding carboxylic acids is 1. The molecule has 0 aromatic heterocycles. The van der Waals surface area contributed by atoms with Gasteiger partial charge in [0.2, 0.25) is 0 Å². The predicted molar refractivity (Wildman–Crippen MR) is 83.6 cm³/mol. The number of amides is 1. The number of nitrogens with two attached hydrogens (primary N) is 2. The lowest BCUT2D eigenvalue weighted by atomic mass is 9.82. The van der Waals surface area contributed by atoms with Crippen LogP contribution in [0.2, 0.25) is 0 Å². The molecule has 1 amide bonds. The van der Waals surface area contributed by atoms with Crippen LogP contribution in [0.25, 0.3) is 0 Å². The molecule has 2 rings (SSSR count). The Balaban J connectivity index is 2.17. The Bertz CT molecular complexity index is 467. The lowest BCUT2D eigenvalue weighted by Gasteiger charge is -2.31. The van der Waals surface area contributed by atoms with Gasteiger partial charge in [0.15, 0.2) is 0 Å². The van der Waals surface area contributed by atoms with Crippen molar-refractivity contribution in [2.24, 2.45) is 11.7 Å². The van der Waals surface area contributed by atoms with Crippen molar-refractivity contribution in [3.63, 3.8) is 0 Å². The van der Waals surface area contributed by atoms with Gasteiger partial charge < -0.3 is 16.8 Å².